The Bertz CT molecular complexity index is 720. The standard InChI is InChI=1S/C18H19NOS2/c1-5-13(2)18(20)19(4)14(3)8-9-15-10-11-17(22-15)16-7-6-12-21-16/h5-12H,3H2,1-2,4H3/b9-8+,13-5+. The monoisotopic (exact) mass is 329 g/mol. The van der Waals surface area contributed by atoms with E-state index in [-0.39, 0.29) is 5.91 Å². The summed E-state index contributed by atoms with van der Waals surface area (Å²) in [5, 5.41) is 2.08. The van der Waals surface area contributed by atoms with Crippen LogP contribution in [0.4, 0.5) is 0 Å². The number of carbonyl (C=O) groups excluding carboxylic acids is 1. The number of nitrogens with zero attached hydrogens (tertiary/aromatic N) is 1. The van der Waals surface area contributed by atoms with E-state index in [0.717, 1.165) is 4.88 Å². The minimum Gasteiger partial charge on any atom is -0.312 e. The molecule has 0 aliphatic carbocycles. The minimum absolute atomic E-state index is 0.0254. The van der Waals surface area contributed by atoms with E-state index in [1.807, 2.05) is 32.1 Å². The lowest BCUT2D eigenvalue weighted by molar-refractivity contribution is -0.124. The van der Waals surface area contributed by atoms with Crippen molar-refractivity contribution in [3.8, 4) is 9.75 Å². The van der Waals surface area contributed by atoms with Gasteiger partial charge in [-0.05, 0) is 49.6 Å². The molecule has 4 heteroatoms. The van der Waals surface area contributed by atoms with Crippen LogP contribution in [0.3, 0.4) is 0 Å². The van der Waals surface area contributed by atoms with E-state index in [9.17, 15) is 4.79 Å². The van der Waals surface area contributed by atoms with Gasteiger partial charge in [0.25, 0.3) is 5.91 Å². The Morgan fingerprint density at radius 1 is 1.27 bits per heavy atom. The van der Waals surface area contributed by atoms with Crippen molar-refractivity contribution in [2.45, 2.75) is 13.8 Å². The van der Waals surface area contributed by atoms with Gasteiger partial charge in [-0.2, -0.15) is 0 Å². The summed E-state index contributed by atoms with van der Waals surface area (Å²) < 4.78 is 0. The molecule has 2 aromatic heterocycles. The molecular formula is C18H19NOS2. The first kappa shape index (κ1) is 16.5. The third-order valence-corrected chi connectivity index (χ3v) is 5.45. The molecule has 0 fully saturated rings. The molecule has 0 aromatic carbocycles. The van der Waals surface area contributed by atoms with E-state index >= 15 is 0 Å². The fourth-order valence-electron chi connectivity index (χ4n) is 1.80. The third-order valence-electron chi connectivity index (χ3n) is 3.34. The lowest BCUT2D eigenvalue weighted by Gasteiger charge is -2.17. The van der Waals surface area contributed by atoms with Crippen molar-refractivity contribution < 1.29 is 4.79 Å². The smallest absolute Gasteiger partial charge is 0.253 e. The van der Waals surface area contributed by atoms with E-state index < -0.39 is 0 Å². The molecule has 2 aromatic rings. The number of hydrogen-bond acceptors (Lipinski definition) is 3. The first-order chi connectivity index (χ1) is 10.5. The van der Waals surface area contributed by atoms with Crippen molar-refractivity contribution in [2.75, 3.05) is 7.05 Å². The molecule has 0 spiro atoms. The highest BCUT2D eigenvalue weighted by atomic mass is 32.1. The number of thiophene rings is 2. The largest absolute Gasteiger partial charge is 0.312 e. The van der Waals surface area contributed by atoms with Crippen LogP contribution in [0.25, 0.3) is 15.8 Å². The zero-order valence-corrected chi connectivity index (χ0v) is 14.6. The predicted molar refractivity (Wildman–Crippen MR) is 98.0 cm³/mol. The van der Waals surface area contributed by atoms with Crippen molar-refractivity contribution in [3.05, 3.63) is 64.5 Å². The Hall–Kier alpha value is -1.91. The Morgan fingerprint density at radius 3 is 2.68 bits per heavy atom. The van der Waals surface area contributed by atoms with E-state index in [2.05, 4.69) is 36.2 Å². The number of rotatable bonds is 5. The van der Waals surface area contributed by atoms with Crippen molar-refractivity contribution >= 4 is 34.7 Å². The lowest BCUT2D eigenvalue weighted by Crippen LogP contribution is -2.25. The summed E-state index contributed by atoms with van der Waals surface area (Å²) in [5.41, 5.74) is 1.39. The molecule has 0 saturated heterocycles. The van der Waals surface area contributed by atoms with Gasteiger partial charge in [0.15, 0.2) is 0 Å². The zero-order valence-electron chi connectivity index (χ0n) is 13.0. The lowest BCUT2D eigenvalue weighted by atomic mass is 10.2. The minimum atomic E-state index is -0.0254. The zero-order chi connectivity index (χ0) is 16.1. The average molecular weight is 329 g/mol. The maximum atomic E-state index is 12.1. The van der Waals surface area contributed by atoms with Crippen molar-refractivity contribution in [1.82, 2.24) is 4.90 Å². The van der Waals surface area contributed by atoms with Crippen LogP contribution in [0.1, 0.15) is 18.7 Å². The first-order valence-electron chi connectivity index (χ1n) is 6.94. The highest BCUT2D eigenvalue weighted by Gasteiger charge is 2.11. The second-order valence-corrected chi connectivity index (χ2v) is 6.90. The molecule has 2 rings (SSSR count). The summed E-state index contributed by atoms with van der Waals surface area (Å²) in [4.78, 5) is 17.3. The van der Waals surface area contributed by atoms with Crippen LogP contribution in [-0.4, -0.2) is 17.9 Å². The van der Waals surface area contributed by atoms with Gasteiger partial charge in [0.2, 0.25) is 0 Å². The van der Waals surface area contributed by atoms with Crippen LogP contribution in [0, 0.1) is 0 Å². The Balaban J connectivity index is 2.06. The summed E-state index contributed by atoms with van der Waals surface area (Å²) in [6.45, 7) is 7.63. The molecule has 0 radical (unpaired) electrons. The van der Waals surface area contributed by atoms with Gasteiger partial charge in [0.05, 0.1) is 0 Å². The molecule has 0 aliphatic heterocycles. The van der Waals surface area contributed by atoms with E-state index in [0.29, 0.717) is 11.3 Å². The molecular weight excluding hydrogens is 310 g/mol. The predicted octanol–water partition coefficient (Wildman–Crippen LogP) is 5.43. The van der Waals surface area contributed by atoms with Crippen molar-refractivity contribution in [1.29, 1.82) is 0 Å². The number of allylic oxidation sites excluding steroid dienone is 2. The number of hydrogen-bond donors (Lipinski definition) is 0. The van der Waals surface area contributed by atoms with Crippen LogP contribution in [0.15, 0.2) is 59.6 Å². The quantitative estimate of drug-likeness (QED) is 0.529. The average Bonchev–Trinajstić information content (AvgIpc) is 3.20. The van der Waals surface area contributed by atoms with Gasteiger partial charge < -0.3 is 4.90 Å². The van der Waals surface area contributed by atoms with Crippen molar-refractivity contribution in [3.63, 3.8) is 0 Å². The van der Waals surface area contributed by atoms with Gasteiger partial charge in [0.1, 0.15) is 0 Å². The molecule has 114 valence electrons. The summed E-state index contributed by atoms with van der Waals surface area (Å²) in [5.74, 6) is -0.0254. The molecule has 2 heterocycles. The fraction of sp³-hybridized carbons (Fsp3) is 0.167. The highest BCUT2D eigenvalue weighted by Crippen LogP contribution is 2.32. The molecule has 0 bridgehead atoms. The van der Waals surface area contributed by atoms with Gasteiger partial charge in [-0.1, -0.05) is 18.7 Å². The van der Waals surface area contributed by atoms with Crippen molar-refractivity contribution in [2.24, 2.45) is 0 Å². The van der Waals surface area contributed by atoms with Crippen LogP contribution in [-0.2, 0) is 4.79 Å². The van der Waals surface area contributed by atoms with Gasteiger partial charge in [-0.15, -0.1) is 22.7 Å². The van der Waals surface area contributed by atoms with Gasteiger partial charge in [-0.3, -0.25) is 4.79 Å². The van der Waals surface area contributed by atoms with Crippen LogP contribution >= 0.6 is 22.7 Å². The number of likely N-dealkylation sites (N-methyl/N-ethyl adjacent to an activating group) is 1. The van der Waals surface area contributed by atoms with Crippen LogP contribution < -0.4 is 0 Å². The molecule has 2 nitrogen and oxygen atoms in total. The summed E-state index contributed by atoms with van der Waals surface area (Å²) in [6, 6.07) is 8.39. The Morgan fingerprint density at radius 2 is 2.05 bits per heavy atom. The molecule has 22 heavy (non-hydrogen) atoms. The van der Waals surface area contributed by atoms with E-state index in [1.165, 1.54) is 9.75 Å². The van der Waals surface area contributed by atoms with E-state index in [4.69, 9.17) is 0 Å². The molecule has 0 unspecified atom stereocenters. The number of amides is 1. The fourth-order valence-corrected chi connectivity index (χ4v) is 3.55. The highest BCUT2D eigenvalue weighted by molar-refractivity contribution is 7.21. The topological polar surface area (TPSA) is 20.3 Å². The molecule has 0 N–H and O–H groups in total. The molecule has 0 saturated carbocycles. The summed E-state index contributed by atoms with van der Waals surface area (Å²) in [7, 11) is 1.74. The molecule has 1 amide bonds. The Labute approximate surface area is 139 Å². The van der Waals surface area contributed by atoms with E-state index in [1.54, 1.807) is 34.6 Å². The maximum absolute atomic E-state index is 12.1. The summed E-state index contributed by atoms with van der Waals surface area (Å²) >= 11 is 3.47. The van der Waals surface area contributed by atoms with Gasteiger partial charge in [0, 0.05) is 32.9 Å². The van der Waals surface area contributed by atoms with Gasteiger partial charge >= 0.3 is 0 Å². The van der Waals surface area contributed by atoms with Crippen LogP contribution in [0.5, 0.6) is 0 Å². The number of carbonyl (C=O) groups is 1. The molecule has 0 aliphatic rings. The van der Waals surface area contributed by atoms with Gasteiger partial charge in [-0.25, -0.2) is 0 Å². The third kappa shape index (κ3) is 3.84. The Kier molecular flexibility index (Phi) is 5.52. The normalized spacial score (nSPS) is 11.9. The first-order valence-corrected chi connectivity index (χ1v) is 8.64. The second-order valence-electron chi connectivity index (χ2n) is 4.84. The second kappa shape index (κ2) is 7.38. The molecule has 0 atom stereocenters. The SMILES string of the molecule is C=C(/C=C/c1ccc(-c2cccs2)s1)N(C)C(=O)/C(C)=C/C. The summed E-state index contributed by atoms with van der Waals surface area (Å²) in [6.07, 6.45) is 5.69. The van der Waals surface area contributed by atoms with Crippen LogP contribution in [0.2, 0.25) is 0 Å². The maximum Gasteiger partial charge on any atom is 0.253 e.